The number of rotatable bonds is 1. The third-order valence-electron chi connectivity index (χ3n) is 2.36. The Bertz CT molecular complexity index is 232. The number of nitrogens with one attached hydrogen (secondary N) is 1. The molecule has 0 aliphatic carbocycles. The Morgan fingerprint density at radius 3 is 2.77 bits per heavy atom. The first kappa shape index (κ1) is 12.4. The largest absolute Gasteiger partial charge is 0.481 e. The highest BCUT2D eigenvalue weighted by Crippen LogP contribution is 2.31. The summed E-state index contributed by atoms with van der Waals surface area (Å²) in [5, 5.41) is 11.8. The highest BCUT2D eigenvalue weighted by Gasteiger charge is 2.39. The molecule has 1 fully saturated rings. The number of hydrogen-bond acceptors (Lipinski definition) is 2. The summed E-state index contributed by atoms with van der Waals surface area (Å²) in [6.45, 7) is 2.49. The summed E-state index contributed by atoms with van der Waals surface area (Å²) in [6.07, 6.45) is 0.897. The van der Waals surface area contributed by atoms with Gasteiger partial charge in [-0.25, -0.2) is 4.39 Å². The van der Waals surface area contributed by atoms with Crippen molar-refractivity contribution in [2.24, 2.45) is 5.41 Å². The van der Waals surface area contributed by atoms with Crippen molar-refractivity contribution in [2.75, 3.05) is 13.1 Å². The Morgan fingerprint density at radius 1 is 1.77 bits per heavy atom. The topological polar surface area (TPSA) is 49.3 Å². The van der Waals surface area contributed by atoms with E-state index in [9.17, 15) is 9.18 Å². The molecule has 0 amide bonds. The maximum Gasteiger partial charge on any atom is 0.314 e. The van der Waals surface area contributed by atoms with Crippen molar-refractivity contribution in [3.8, 4) is 0 Å². The second kappa shape index (κ2) is 4.58. The summed E-state index contributed by atoms with van der Waals surface area (Å²) in [4.78, 5) is 10.8. The van der Waals surface area contributed by atoms with E-state index in [1.54, 1.807) is 0 Å². The molecule has 1 aliphatic rings. The molecule has 0 spiro atoms. The first-order chi connectivity index (χ1) is 5.61. The van der Waals surface area contributed by atoms with E-state index in [0.717, 1.165) is 0 Å². The van der Waals surface area contributed by atoms with Crippen LogP contribution in [0.2, 0.25) is 0 Å². The summed E-state index contributed by atoms with van der Waals surface area (Å²) < 4.78 is 12.3. The van der Waals surface area contributed by atoms with Gasteiger partial charge in [-0.15, -0.1) is 12.4 Å². The molecule has 0 saturated carbocycles. The van der Waals surface area contributed by atoms with Crippen molar-refractivity contribution in [3.05, 3.63) is 11.9 Å². The van der Waals surface area contributed by atoms with E-state index in [2.05, 4.69) is 5.32 Å². The maximum absolute atomic E-state index is 12.3. The van der Waals surface area contributed by atoms with E-state index < -0.39 is 11.4 Å². The molecule has 0 aromatic carbocycles. The van der Waals surface area contributed by atoms with Crippen LogP contribution in [0.4, 0.5) is 4.39 Å². The van der Waals surface area contributed by atoms with Crippen molar-refractivity contribution >= 4 is 18.4 Å². The number of piperidine rings is 1. The third kappa shape index (κ3) is 2.19. The molecule has 0 bridgehead atoms. The van der Waals surface area contributed by atoms with Crippen LogP contribution in [0.3, 0.4) is 0 Å². The van der Waals surface area contributed by atoms with E-state index in [4.69, 9.17) is 5.11 Å². The van der Waals surface area contributed by atoms with Crippen LogP contribution in [-0.2, 0) is 4.79 Å². The molecule has 5 heteroatoms. The lowest BCUT2D eigenvalue weighted by molar-refractivity contribution is -0.146. The first-order valence-corrected chi connectivity index (χ1v) is 3.85. The highest BCUT2D eigenvalue weighted by molar-refractivity contribution is 5.85. The van der Waals surface area contributed by atoms with Crippen LogP contribution in [0.1, 0.15) is 13.3 Å². The number of carbonyl (C=O) groups is 1. The van der Waals surface area contributed by atoms with Gasteiger partial charge < -0.3 is 10.4 Å². The van der Waals surface area contributed by atoms with Gasteiger partial charge in [0.2, 0.25) is 0 Å². The lowest BCUT2D eigenvalue weighted by atomic mass is 9.79. The van der Waals surface area contributed by atoms with Gasteiger partial charge >= 0.3 is 5.97 Å². The molecule has 1 atom stereocenters. The molecule has 1 unspecified atom stereocenters. The highest BCUT2D eigenvalue weighted by atomic mass is 35.5. The number of halogens is 2. The zero-order valence-corrected chi connectivity index (χ0v) is 8.16. The normalized spacial score (nSPS) is 31.1. The van der Waals surface area contributed by atoms with Crippen LogP contribution in [0, 0.1) is 5.41 Å². The number of aliphatic carboxylic acids is 1. The Kier molecular flexibility index (Phi) is 4.36. The molecule has 1 heterocycles. The van der Waals surface area contributed by atoms with Gasteiger partial charge in [0.05, 0.1) is 6.33 Å². The second-order valence-electron chi connectivity index (χ2n) is 3.20. The van der Waals surface area contributed by atoms with E-state index in [-0.39, 0.29) is 12.4 Å². The minimum atomic E-state index is -1.06. The second-order valence-corrected chi connectivity index (χ2v) is 3.20. The lowest BCUT2D eigenvalue weighted by Gasteiger charge is -2.31. The molecular formula is C8H13ClFNO2. The molecule has 13 heavy (non-hydrogen) atoms. The Labute approximate surface area is 82.4 Å². The van der Waals surface area contributed by atoms with Crippen molar-refractivity contribution < 1.29 is 14.3 Å². The van der Waals surface area contributed by atoms with Gasteiger partial charge in [0, 0.05) is 6.54 Å². The van der Waals surface area contributed by atoms with Gasteiger partial charge in [-0.3, -0.25) is 4.79 Å². The molecule has 2 N–H and O–H groups in total. The summed E-state index contributed by atoms with van der Waals surface area (Å²) in [7, 11) is 0. The van der Waals surface area contributed by atoms with E-state index in [1.807, 2.05) is 0 Å². The molecular weight excluding hydrogens is 197 g/mol. The van der Waals surface area contributed by atoms with Crippen molar-refractivity contribution in [1.29, 1.82) is 0 Å². The van der Waals surface area contributed by atoms with Crippen LogP contribution in [-0.4, -0.2) is 24.2 Å². The quantitative estimate of drug-likeness (QED) is 0.686. The monoisotopic (exact) mass is 209 g/mol. The average molecular weight is 210 g/mol. The minimum absolute atomic E-state index is 0. The number of hydrogen-bond donors (Lipinski definition) is 2. The number of carboxylic acids is 1. The fraction of sp³-hybridized carbons (Fsp3) is 0.625. The predicted molar refractivity (Wildman–Crippen MR) is 49.7 cm³/mol. The van der Waals surface area contributed by atoms with Crippen molar-refractivity contribution in [1.82, 2.24) is 5.32 Å². The summed E-state index contributed by atoms with van der Waals surface area (Å²) in [5.74, 6) is -0.974. The average Bonchev–Trinajstić information content (AvgIpc) is 2.05. The zero-order chi connectivity index (χ0) is 9.19. The summed E-state index contributed by atoms with van der Waals surface area (Å²) in [5.41, 5.74) is -0.693. The van der Waals surface area contributed by atoms with Gasteiger partial charge in [-0.1, -0.05) is 0 Å². The first-order valence-electron chi connectivity index (χ1n) is 3.85. The van der Waals surface area contributed by atoms with Gasteiger partial charge in [-0.2, -0.15) is 0 Å². The molecule has 76 valence electrons. The molecule has 1 rings (SSSR count). The maximum atomic E-state index is 12.3. The van der Waals surface area contributed by atoms with E-state index >= 15 is 0 Å². The summed E-state index contributed by atoms with van der Waals surface area (Å²) in [6, 6.07) is 0. The van der Waals surface area contributed by atoms with E-state index in [1.165, 1.54) is 6.92 Å². The van der Waals surface area contributed by atoms with E-state index in [0.29, 0.717) is 31.4 Å². The fourth-order valence-corrected chi connectivity index (χ4v) is 1.34. The minimum Gasteiger partial charge on any atom is -0.481 e. The lowest BCUT2D eigenvalue weighted by Crippen LogP contribution is -2.45. The molecule has 0 aromatic rings. The summed E-state index contributed by atoms with van der Waals surface area (Å²) >= 11 is 0. The van der Waals surface area contributed by atoms with Gasteiger partial charge in [0.1, 0.15) is 5.41 Å². The van der Waals surface area contributed by atoms with Crippen molar-refractivity contribution in [3.63, 3.8) is 0 Å². The standard InChI is InChI=1S/C8H12FNO2.ClH/c1-8(7(11)12)5-10-3-2-6(8)4-9;/h4,10H,2-3,5H2,1H3,(H,11,12);1H/b6-4+;. The molecule has 1 aliphatic heterocycles. The van der Waals surface area contributed by atoms with Gasteiger partial charge in [0.25, 0.3) is 0 Å². The Balaban J connectivity index is 0.00000144. The number of carboxylic acid groups (broad SMARTS) is 1. The third-order valence-corrected chi connectivity index (χ3v) is 2.36. The molecule has 0 aromatic heterocycles. The molecule has 0 radical (unpaired) electrons. The van der Waals surface area contributed by atoms with Crippen LogP contribution < -0.4 is 5.32 Å². The van der Waals surface area contributed by atoms with Crippen LogP contribution in [0.5, 0.6) is 0 Å². The van der Waals surface area contributed by atoms with Gasteiger partial charge in [0.15, 0.2) is 0 Å². The smallest absolute Gasteiger partial charge is 0.314 e. The van der Waals surface area contributed by atoms with Gasteiger partial charge in [-0.05, 0) is 25.5 Å². The van der Waals surface area contributed by atoms with Crippen molar-refractivity contribution in [2.45, 2.75) is 13.3 Å². The molecule has 3 nitrogen and oxygen atoms in total. The van der Waals surface area contributed by atoms with Crippen LogP contribution >= 0.6 is 12.4 Å². The van der Waals surface area contributed by atoms with Crippen LogP contribution in [0.15, 0.2) is 11.9 Å². The zero-order valence-electron chi connectivity index (χ0n) is 7.34. The van der Waals surface area contributed by atoms with Crippen LogP contribution in [0.25, 0.3) is 0 Å². The SMILES string of the molecule is CC1(C(=O)O)CNCC/C1=C\F.Cl. The molecule has 1 saturated heterocycles. The Hall–Kier alpha value is -0.610. The fourth-order valence-electron chi connectivity index (χ4n) is 1.34. The predicted octanol–water partition coefficient (Wildman–Crippen LogP) is 1.35. The Morgan fingerprint density at radius 2 is 2.38 bits per heavy atom.